The number of hydrogen-bond donors (Lipinski definition) is 2. The monoisotopic (exact) mass is 263 g/mol. The smallest absolute Gasteiger partial charge is 0.189 e. The van der Waals surface area contributed by atoms with Crippen molar-refractivity contribution in [3.05, 3.63) is 29.8 Å². The molecule has 0 amide bonds. The second-order valence-electron chi connectivity index (χ2n) is 4.90. The summed E-state index contributed by atoms with van der Waals surface area (Å²) in [5.41, 5.74) is 5.78. The molecule has 1 heterocycles. The van der Waals surface area contributed by atoms with Crippen molar-refractivity contribution >= 4 is 23.0 Å². The Morgan fingerprint density at radius 3 is 2.44 bits per heavy atom. The normalized spacial score (nSPS) is 23.3. The molecule has 0 bridgehead atoms. The van der Waals surface area contributed by atoms with Crippen molar-refractivity contribution in [2.24, 2.45) is 0 Å². The second kappa shape index (κ2) is 5.24. The molecule has 1 saturated heterocycles. The van der Waals surface area contributed by atoms with E-state index in [2.05, 4.69) is 55.8 Å². The molecule has 1 aromatic rings. The van der Waals surface area contributed by atoms with E-state index in [9.17, 15) is 0 Å². The quantitative estimate of drug-likeness (QED) is 0.816. The van der Waals surface area contributed by atoms with E-state index in [1.165, 1.54) is 5.56 Å². The highest BCUT2D eigenvalue weighted by Crippen LogP contribution is 2.24. The van der Waals surface area contributed by atoms with Crippen LogP contribution >= 0.6 is 12.2 Å². The Balaban J connectivity index is 2.21. The van der Waals surface area contributed by atoms with E-state index in [1.54, 1.807) is 0 Å². The third-order valence-electron chi connectivity index (χ3n) is 3.45. The lowest BCUT2D eigenvalue weighted by Crippen LogP contribution is -2.50. The van der Waals surface area contributed by atoms with Gasteiger partial charge in [-0.1, -0.05) is 38.0 Å². The summed E-state index contributed by atoms with van der Waals surface area (Å²) in [7, 11) is 0. The number of rotatable bonds is 4. The maximum absolute atomic E-state index is 5.44. The van der Waals surface area contributed by atoms with Crippen LogP contribution in [0.15, 0.2) is 24.3 Å². The predicted molar refractivity (Wildman–Crippen MR) is 80.5 cm³/mol. The Bertz CT molecular complexity index is 429. The highest BCUT2D eigenvalue weighted by atomic mass is 32.1. The van der Waals surface area contributed by atoms with E-state index in [0.29, 0.717) is 0 Å². The second-order valence-corrected chi connectivity index (χ2v) is 5.29. The molecule has 18 heavy (non-hydrogen) atoms. The molecule has 2 rings (SSSR count). The van der Waals surface area contributed by atoms with E-state index in [-0.39, 0.29) is 5.66 Å². The summed E-state index contributed by atoms with van der Waals surface area (Å²) in [6.45, 7) is 6.46. The van der Waals surface area contributed by atoms with Gasteiger partial charge in [-0.05, 0) is 44.1 Å². The van der Waals surface area contributed by atoms with Crippen molar-refractivity contribution in [1.82, 2.24) is 10.7 Å². The predicted octanol–water partition coefficient (Wildman–Crippen LogP) is 3.10. The van der Waals surface area contributed by atoms with Gasteiger partial charge in [-0.3, -0.25) is 5.01 Å². The van der Waals surface area contributed by atoms with Gasteiger partial charge >= 0.3 is 0 Å². The fraction of sp³-hybridized carbons (Fsp3) is 0.500. The van der Waals surface area contributed by atoms with Crippen molar-refractivity contribution in [3.8, 4) is 0 Å². The van der Waals surface area contributed by atoms with Crippen LogP contribution in [-0.4, -0.2) is 10.8 Å². The van der Waals surface area contributed by atoms with Crippen LogP contribution in [0.3, 0.4) is 0 Å². The average Bonchev–Trinajstić information content (AvgIpc) is 2.69. The van der Waals surface area contributed by atoms with Gasteiger partial charge < -0.3 is 5.32 Å². The number of benzene rings is 1. The van der Waals surface area contributed by atoms with Crippen LogP contribution < -0.4 is 15.8 Å². The average molecular weight is 263 g/mol. The summed E-state index contributed by atoms with van der Waals surface area (Å²) in [6, 6.07) is 8.39. The minimum Gasteiger partial charge on any atom is -0.342 e. The molecular weight excluding hydrogens is 242 g/mol. The zero-order valence-corrected chi connectivity index (χ0v) is 12.1. The molecule has 1 atom stereocenters. The molecule has 2 N–H and O–H groups in total. The van der Waals surface area contributed by atoms with Gasteiger partial charge in [-0.25, -0.2) is 5.43 Å². The Morgan fingerprint density at radius 2 is 1.89 bits per heavy atom. The number of nitrogens with zero attached hydrogens (tertiary/aromatic N) is 1. The van der Waals surface area contributed by atoms with Crippen molar-refractivity contribution in [3.63, 3.8) is 0 Å². The number of anilines is 1. The number of hydrogen-bond acceptors (Lipinski definition) is 2. The summed E-state index contributed by atoms with van der Waals surface area (Å²) in [4.78, 5) is 0. The molecule has 1 aliphatic rings. The third-order valence-corrected chi connectivity index (χ3v) is 3.73. The number of aryl methyl sites for hydroxylation is 1. The van der Waals surface area contributed by atoms with Gasteiger partial charge in [0.15, 0.2) is 5.11 Å². The lowest BCUT2D eigenvalue weighted by molar-refractivity contribution is 0.300. The lowest BCUT2D eigenvalue weighted by atomic mass is 10.0. The fourth-order valence-electron chi connectivity index (χ4n) is 2.32. The fourth-order valence-corrected chi connectivity index (χ4v) is 2.66. The van der Waals surface area contributed by atoms with E-state index in [1.807, 2.05) is 5.01 Å². The molecule has 0 aliphatic carbocycles. The first-order chi connectivity index (χ1) is 8.60. The van der Waals surface area contributed by atoms with Crippen LogP contribution in [0.2, 0.25) is 0 Å². The van der Waals surface area contributed by atoms with Gasteiger partial charge in [0, 0.05) is 0 Å². The van der Waals surface area contributed by atoms with Gasteiger partial charge in [0.1, 0.15) is 5.66 Å². The molecule has 4 heteroatoms. The van der Waals surface area contributed by atoms with Crippen LogP contribution in [0.5, 0.6) is 0 Å². The minimum absolute atomic E-state index is 0.0866. The molecule has 1 aromatic carbocycles. The van der Waals surface area contributed by atoms with E-state index < -0.39 is 0 Å². The van der Waals surface area contributed by atoms with Gasteiger partial charge in [0.25, 0.3) is 0 Å². The van der Waals surface area contributed by atoms with E-state index >= 15 is 0 Å². The largest absolute Gasteiger partial charge is 0.342 e. The standard InChI is InChI=1S/C14H21N3S/c1-4-10-14(5-2)15-13(18)17(16-14)12-8-6-11(3)7-9-12/h6-9,16H,4-5,10H2,1-3H3,(H,15,18). The Morgan fingerprint density at radius 1 is 1.22 bits per heavy atom. The van der Waals surface area contributed by atoms with Crippen LogP contribution in [0.25, 0.3) is 0 Å². The SMILES string of the molecule is CCCC1(CC)NC(=S)N(c2ccc(C)cc2)N1. The summed E-state index contributed by atoms with van der Waals surface area (Å²) < 4.78 is 0. The van der Waals surface area contributed by atoms with Gasteiger partial charge in [0.05, 0.1) is 5.69 Å². The number of nitrogens with one attached hydrogen (secondary N) is 2. The summed E-state index contributed by atoms with van der Waals surface area (Å²) in [5.74, 6) is 0. The first kappa shape index (κ1) is 13.3. The first-order valence-corrected chi connectivity index (χ1v) is 6.98. The van der Waals surface area contributed by atoms with Crippen LogP contribution in [0.1, 0.15) is 38.7 Å². The topological polar surface area (TPSA) is 27.3 Å². The van der Waals surface area contributed by atoms with Crippen LogP contribution in [0.4, 0.5) is 5.69 Å². The van der Waals surface area contributed by atoms with Crippen molar-refractivity contribution in [1.29, 1.82) is 0 Å². The van der Waals surface area contributed by atoms with Crippen molar-refractivity contribution in [2.75, 3.05) is 5.01 Å². The number of thiocarbonyl (C=S) groups is 1. The van der Waals surface area contributed by atoms with Crippen LogP contribution in [0, 0.1) is 6.92 Å². The molecular formula is C14H21N3S. The molecule has 1 unspecified atom stereocenters. The third kappa shape index (κ3) is 2.49. The van der Waals surface area contributed by atoms with Gasteiger partial charge in [-0.2, -0.15) is 0 Å². The Labute approximate surface area is 115 Å². The van der Waals surface area contributed by atoms with E-state index in [4.69, 9.17) is 12.2 Å². The molecule has 0 aromatic heterocycles. The van der Waals surface area contributed by atoms with Crippen molar-refractivity contribution < 1.29 is 0 Å². The van der Waals surface area contributed by atoms with Crippen molar-refractivity contribution in [2.45, 2.75) is 45.7 Å². The zero-order valence-electron chi connectivity index (χ0n) is 11.3. The van der Waals surface area contributed by atoms with Crippen LogP contribution in [-0.2, 0) is 0 Å². The minimum atomic E-state index is -0.0866. The van der Waals surface area contributed by atoms with E-state index in [0.717, 1.165) is 30.1 Å². The maximum Gasteiger partial charge on any atom is 0.189 e. The highest BCUT2D eigenvalue weighted by Gasteiger charge is 2.38. The first-order valence-electron chi connectivity index (χ1n) is 6.57. The maximum atomic E-state index is 5.44. The molecule has 0 spiro atoms. The molecule has 98 valence electrons. The molecule has 0 radical (unpaired) electrons. The Hall–Kier alpha value is -1.13. The zero-order chi connectivity index (χ0) is 13.2. The highest BCUT2D eigenvalue weighted by molar-refractivity contribution is 7.80. The lowest BCUT2D eigenvalue weighted by Gasteiger charge is -2.28. The number of hydrazine groups is 1. The molecule has 3 nitrogen and oxygen atoms in total. The molecule has 1 aliphatic heterocycles. The van der Waals surface area contributed by atoms with Gasteiger partial charge in [-0.15, -0.1) is 0 Å². The summed E-state index contributed by atoms with van der Waals surface area (Å²) in [5, 5.41) is 6.17. The molecule has 1 fully saturated rings. The summed E-state index contributed by atoms with van der Waals surface area (Å²) in [6.07, 6.45) is 3.19. The molecule has 0 saturated carbocycles. The Kier molecular flexibility index (Phi) is 3.88. The van der Waals surface area contributed by atoms with Gasteiger partial charge in [0.2, 0.25) is 0 Å². The summed E-state index contributed by atoms with van der Waals surface area (Å²) >= 11 is 5.44.